The van der Waals surface area contributed by atoms with E-state index in [0.29, 0.717) is 5.41 Å². The van der Waals surface area contributed by atoms with E-state index >= 15 is 0 Å². The van der Waals surface area contributed by atoms with Crippen molar-refractivity contribution >= 4 is 0 Å². The van der Waals surface area contributed by atoms with Gasteiger partial charge in [-0.3, -0.25) is 0 Å². The van der Waals surface area contributed by atoms with Gasteiger partial charge in [0.25, 0.3) is 0 Å². The van der Waals surface area contributed by atoms with E-state index in [2.05, 4.69) is 38.5 Å². The fourth-order valence-corrected chi connectivity index (χ4v) is 2.39. The van der Waals surface area contributed by atoms with Gasteiger partial charge in [0.15, 0.2) is 0 Å². The van der Waals surface area contributed by atoms with Crippen LogP contribution in [0.15, 0.2) is 0 Å². The van der Waals surface area contributed by atoms with Crippen molar-refractivity contribution in [1.29, 1.82) is 0 Å². The van der Waals surface area contributed by atoms with Crippen molar-refractivity contribution in [3.63, 3.8) is 0 Å². The Kier molecular flexibility index (Phi) is 5.77. The maximum atomic E-state index is 3.66. The number of rotatable bonds is 6. The quantitative estimate of drug-likeness (QED) is 0.728. The molecule has 0 aromatic carbocycles. The predicted octanol–water partition coefficient (Wildman–Crippen LogP) is 2.79. The highest BCUT2D eigenvalue weighted by molar-refractivity contribution is 4.78. The van der Waals surface area contributed by atoms with Crippen molar-refractivity contribution in [2.24, 2.45) is 11.3 Å². The summed E-state index contributed by atoms with van der Waals surface area (Å²) in [6, 6.07) is 0.781. The lowest BCUT2D eigenvalue weighted by Gasteiger charge is -2.30. The average molecular weight is 226 g/mol. The van der Waals surface area contributed by atoms with E-state index in [0.717, 1.165) is 18.5 Å². The summed E-state index contributed by atoms with van der Waals surface area (Å²) in [6.07, 6.45) is 6.77. The summed E-state index contributed by atoms with van der Waals surface area (Å²) >= 11 is 0. The molecule has 0 radical (unpaired) electrons. The van der Waals surface area contributed by atoms with Crippen molar-refractivity contribution in [1.82, 2.24) is 10.6 Å². The Morgan fingerprint density at radius 3 is 2.25 bits per heavy atom. The van der Waals surface area contributed by atoms with Crippen molar-refractivity contribution in [3.8, 4) is 0 Å². The molecule has 0 spiro atoms. The lowest BCUT2D eigenvalue weighted by molar-refractivity contribution is 0.268. The van der Waals surface area contributed by atoms with E-state index in [1.807, 2.05) is 0 Å². The zero-order valence-electron chi connectivity index (χ0n) is 11.6. The fourth-order valence-electron chi connectivity index (χ4n) is 2.39. The standard InChI is InChI=1S/C14H30N2/c1-5-14(2,3)11-16-10-12-6-8-13(15-4)9-7-12/h12-13,15-16H,5-11H2,1-4H3. The molecular weight excluding hydrogens is 196 g/mol. The van der Waals surface area contributed by atoms with Gasteiger partial charge in [0, 0.05) is 12.6 Å². The van der Waals surface area contributed by atoms with Gasteiger partial charge in [-0.2, -0.15) is 0 Å². The zero-order chi connectivity index (χ0) is 12.0. The third-order valence-electron chi connectivity index (χ3n) is 4.25. The highest BCUT2D eigenvalue weighted by atomic mass is 14.9. The minimum Gasteiger partial charge on any atom is -0.317 e. The molecule has 1 saturated carbocycles. The van der Waals surface area contributed by atoms with E-state index in [9.17, 15) is 0 Å². The molecule has 2 nitrogen and oxygen atoms in total. The van der Waals surface area contributed by atoms with E-state index in [1.165, 1.54) is 38.6 Å². The first kappa shape index (κ1) is 14.0. The molecule has 0 saturated heterocycles. The Morgan fingerprint density at radius 2 is 1.75 bits per heavy atom. The third kappa shape index (κ3) is 4.84. The molecular formula is C14H30N2. The van der Waals surface area contributed by atoms with Crippen LogP contribution in [0.1, 0.15) is 52.9 Å². The third-order valence-corrected chi connectivity index (χ3v) is 4.25. The summed E-state index contributed by atoms with van der Waals surface area (Å²) in [5.74, 6) is 0.914. The van der Waals surface area contributed by atoms with Crippen molar-refractivity contribution in [2.45, 2.75) is 58.9 Å². The van der Waals surface area contributed by atoms with E-state index in [1.54, 1.807) is 0 Å². The van der Waals surface area contributed by atoms with E-state index in [4.69, 9.17) is 0 Å². The second-order valence-electron chi connectivity index (χ2n) is 6.15. The molecule has 1 rings (SSSR count). The first-order valence-electron chi connectivity index (χ1n) is 6.95. The molecule has 1 aliphatic carbocycles. The second-order valence-corrected chi connectivity index (χ2v) is 6.15. The van der Waals surface area contributed by atoms with Crippen LogP contribution in [0.25, 0.3) is 0 Å². The summed E-state index contributed by atoms with van der Waals surface area (Å²) in [4.78, 5) is 0. The van der Waals surface area contributed by atoms with E-state index in [-0.39, 0.29) is 0 Å². The lowest BCUT2D eigenvalue weighted by Crippen LogP contribution is -2.36. The molecule has 1 fully saturated rings. The number of nitrogens with one attached hydrogen (secondary N) is 2. The maximum Gasteiger partial charge on any atom is 0.00642 e. The summed E-state index contributed by atoms with van der Waals surface area (Å²) in [5, 5.41) is 7.05. The van der Waals surface area contributed by atoms with Gasteiger partial charge in [-0.05, 0) is 57.0 Å². The highest BCUT2D eigenvalue weighted by Crippen LogP contribution is 2.24. The Bertz CT molecular complexity index is 181. The summed E-state index contributed by atoms with van der Waals surface area (Å²) < 4.78 is 0. The molecule has 16 heavy (non-hydrogen) atoms. The second kappa shape index (κ2) is 6.61. The van der Waals surface area contributed by atoms with Crippen LogP contribution in [0.4, 0.5) is 0 Å². The molecule has 0 unspecified atom stereocenters. The van der Waals surface area contributed by atoms with Gasteiger partial charge >= 0.3 is 0 Å². The average Bonchev–Trinajstić information content (AvgIpc) is 2.30. The molecule has 1 aliphatic rings. The van der Waals surface area contributed by atoms with Crippen LogP contribution in [0.5, 0.6) is 0 Å². The van der Waals surface area contributed by atoms with Crippen molar-refractivity contribution < 1.29 is 0 Å². The normalized spacial score (nSPS) is 27.0. The van der Waals surface area contributed by atoms with Gasteiger partial charge in [0.05, 0.1) is 0 Å². The molecule has 2 heteroatoms. The smallest absolute Gasteiger partial charge is 0.00642 e. The van der Waals surface area contributed by atoms with Gasteiger partial charge in [0.1, 0.15) is 0 Å². The highest BCUT2D eigenvalue weighted by Gasteiger charge is 2.20. The van der Waals surface area contributed by atoms with Crippen LogP contribution >= 0.6 is 0 Å². The van der Waals surface area contributed by atoms with E-state index < -0.39 is 0 Å². The largest absolute Gasteiger partial charge is 0.317 e. The van der Waals surface area contributed by atoms with Crippen LogP contribution < -0.4 is 10.6 Å². The van der Waals surface area contributed by atoms with Gasteiger partial charge in [-0.1, -0.05) is 20.8 Å². The molecule has 0 aromatic rings. The SMILES string of the molecule is CCC(C)(C)CNCC1CCC(NC)CC1. The predicted molar refractivity (Wildman–Crippen MR) is 71.7 cm³/mol. The summed E-state index contributed by atoms with van der Waals surface area (Å²) in [7, 11) is 2.09. The minimum absolute atomic E-state index is 0.460. The zero-order valence-corrected chi connectivity index (χ0v) is 11.6. The Hall–Kier alpha value is -0.0800. The topological polar surface area (TPSA) is 24.1 Å². The maximum absolute atomic E-state index is 3.66. The monoisotopic (exact) mass is 226 g/mol. The minimum atomic E-state index is 0.460. The van der Waals surface area contributed by atoms with Crippen LogP contribution in [-0.2, 0) is 0 Å². The Labute approximate surface area is 102 Å². The van der Waals surface area contributed by atoms with Crippen LogP contribution in [-0.4, -0.2) is 26.2 Å². The fraction of sp³-hybridized carbons (Fsp3) is 1.00. The Morgan fingerprint density at radius 1 is 1.12 bits per heavy atom. The number of hydrogen-bond acceptors (Lipinski definition) is 2. The molecule has 0 atom stereocenters. The van der Waals surface area contributed by atoms with Gasteiger partial charge in [-0.15, -0.1) is 0 Å². The van der Waals surface area contributed by atoms with Crippen molar-refractivity contribution in [2.75, 3.05) is 20.1 Å². The molecule has 0 heterocycles. The van der Waals surface area contributed by atoms with Crippen molar-refractivity contribution in [3.05, 3.63) is 0 Å². The van der Waals surface area contributed by atoms with Gasteiger partial charge in [-0.25, -0.2) is 0 Å². The molecule has 0 bridgehead atoms. The molecule has 0 aromatic heterocycles. The molecule has 0 amide bonds. The molecule has 2 N–H and O–H groups in total. The first-order valence-corrected chi connectivity index (χ1v) is 6.95. The first-order chi connectivity index (χ1) is 7.57. The molecule has 96 valence electrons. The summed E-state index contributed by atoms with van der Waals surface area (Å²) in [6.45, 7) is 9.35. The lowest BCUT2D eigenvalue weighted by atomic mass is 9.85. The van der Waals surface area contributed by atoms with Gasteiger partial charge < -0.3 is 10.6 Å². The number of hydrogen-bond donors (Lipinski definition) is 2. The van der Waals surface area contributed by atoms with Crippen LogP contribution in [0, 0.1) is 11.3 Å². The molecule has 0 aliphatic heterocycles. The van der Waals surface area contributed by atoms with Gasteiger partial charge in [0.2, 0.25) is 0 Å². The Balaban J connectivity index is 2.11. The summed E-state index contributed by atoms with van der Waals surface area (Å²) in [5.41, 5.74) is 0.460. The van der Waals surface area contributed by atoms with Crippen LogP contribution in [0.2, 0.25) is 0 Å². The van der Waals surface area contributed by atoms with Crippen LogP contribution in [0.3, 0.4) is 0 Å².